The van der Waals surface area contributed by atoms with E-state index in [1.54, 1.807) is 29.8 Å². The Kier molecular flexibility index (Phi) is 4.39. The highest BCUT2D eigenvalue weighted by molar-refractivity contribution is 5.92. The number of fused-ring (bicyclic) bond motifs is 1. The molecular formula is C18H20N2O5. The average molecular weight is 344 g/mol. The number of carbonyl (C=O) groups is 1. The number of carbonyl (C=O) groups excluding carboxylic acids is 1. The molecule has 7 nitrogen and oxygen atoms in total. The minimum absolute atomic E-state index is 0.0605. The van der Waals surface area contributed by atoms with E-state index in [9.17, 15) is 9.59 Å². The van der Waals surface area contributed by atoms with Crippen LogP contribution in [0.5, 0.6) is 5.75 Å². The summed E-state index contributed by atoms with van der Waals surface area (Å²) in [6.45, 7) is 2.03. The van der Waals surface area contributed by atoms with Gasteiger partial charge in [0.1, 0.15) is 17.1 Å². The zero-order chi connectivity index (χ0) is 18.1. The van der Waals surface area contributed by atoms with Crippen LogP contribution in [0.4, 0.5) is 0 Å². The Morgan fingerprint density at radius 2 is 2.20 bits per heavy atom. The average Bonchev–Trinajstić information content (AvgIpc) is 3.12. The third-order valence-electron chi connectivity index (χ3n) is 4.33. The van der Waals surface area contributed by atoms with E-state index in [1.165, 1.54) is 13.4 Å². The molecule has 0 amide bonds. The second kappa shape index (κ2) is 6.51. The third-order valence-corrected chi connectivity index (χ3v) is 4.33. The molecule has 7 heteroatoms. The lowest BCUT2D eigenvalue weighted by Crippen LogP contribution is -2.34. The number of methoxy groups -OCH3 is 1. The second-order valence-corrected chi connectivity index (χ2v) is 5.85. The Balaban J connectivity index is 2.29. The summed E-state index contributed by atoms with van der Waals surface area (Å²) >= 11 is 0. The van der Waals surface area contributed by atoms with Crippen LogP contribution in [0.1, 0.15) is 36.3 Å². The Labute approximate surface area is 144 Å². The first kappa shape index (κ1) is 16.9. The summed E-state index contributed by atoms with van der Waals surface area (Å²) in [6, 6.07) is 5.16. The molecule has 3 heterocycles. The van der Waals surface area contributed by atoms with Gasteiger partial charge >= 0.3 is 5.97 Å². The number of esters is 1. The van der Waals surface area contributed by atoms with E-state index in [4.69, 9.17) is 19.6 Å². The number of nitrogens with two attached hydrogens (primary N) is 1. The standard InChI is InChI=1S/C18H20N2O5/c1-4-6-10-9-12-14(17(21)20(10)2)13(11-7-5-8-24-11)15(16(19)25-12)18(22)23-3/h5,7-9,13H,4,6,19H2,1-3H3. The van der Waals surface area contributed by atoms with Gasteiger partial charge in [0.2, 0.25) is 5.88 Å². The molecule has 0 aromatic carbocycles. The van der Waals surface area contributed by atoms with Gasteiger partial charge in [0.15, 0.2) is 0 Å². The Morgan fingerprint density at radius 1 is 1.44 bits per heavy atom. The smallest absolute Gasteiger partial charge is 0.340 e. The van der Waals surface area contributed by atoms with E-state index in [2.05, 4.69) is 0 Å². The lowest BCUT2D eigenvalue weighted by atomic mass is 9.87. The first-order valence-corrected chi connectivity index (χ1v) is 8.01. The van der Waals surface area contributed by atoms with Gasteiger partial charge in [-0.3, -0.25) is 4.79 Å². The predicted molar refractivity (Wildman–Crippen MR) is 90.1 cm³/mol. The number of aromatic nitrogens is 1. The molecule has 0 fully saturated rings. The number of hydrogen-bond donors (Lipinski definition) is 1. The fourth-order valence-electron chi connectivity index (χ4n) is 3.12. The lowest BCUT2D eigenvalue weighted by molar-refractivity contribution is -0.136. The van der Waals surface area contributed by atoms with E-state index in [0.717, 1.165) is 18.5 Å². The number of furan rings is 1. The van der Waals surface area contributed by atoms with Gasteiger partial charge in [0.05, 0.1) is 24.9 Å². The molecule has 0 aliphatic carbocycles. The molecule has 0 bridgehead atoms. The minimum Gasteiger partial charge on any atom is -0.468 e. The molecule has 0 saturated heterocycles. The highest BCUT2D eigenvalue weighted by atomic mass is 16.5. The minimum atomic E-state index is -0.777. The lowest BCUT2D eigenvalue weighted by Gasteiger charge is -2.27. The maximum absolute atomic E-state index is 13.0. The topological polar surface area (TPSA) is 96.7 Å². The molecular weight excluding hydrogens is 324 g/mol. The molecule has 0 radical (unpaired) electrons. The van der Waals surface area contributed by atoms with E-state index in [0.29, 0.717) is 17.1 Å². The van der Waals surface area contributed by atoms with Gasteiger partial charge in [-0.05, 0) is 18.6 Å². The number of nitrogens with zero attached hydrogens (tertiary/aromatic N) is 1. The van der Waals surface area contributed by atoms with Crippen molar-refractivity contribution in [1.29, 1.82) is 0 Å². The molecule has 0 saturated carbocycles. The van der Waals surface area contributed by atoms with Crippen molar-refractivity contribution in [2.24, 2.45) is 12.8 Å². The molecule has 0 spiro atoms. The van der Waals surface area contributed by atoms with Crippen LogP contribution in [0, 0.1) is 0 Å². The summed E-state index contributed by atoms with van der Waals surface area (Å²) in [5, 5.41) is 0. The number of aryl methyl sites for hydroxylation is 1. The van der Waals surface area contributed by atoms with Crippen LogP contribution in [-0.4, -0.2) is 17.6 Å². The van der Waals surface area contributed by atoms with Crippen molar-refractivity contribution in [3.63, 3.8) is 0 Å². The fraction of sp³-hybridized carbons (Fsp3) is 0.333. The summed E-state index contributed by atoms with van der Waals surface area (Å²) in [5.74, 6) is -0.757. The Morgan fingerprint density at radius 3 is 2.80 bits per heavy atom. The van der Waals surface area contributed by atoms with Gasteiger partial charge in [0.25, 0.3) is 5.56 Å². The first-order valence-electron chi connectivity index (χ1n) is 8.01. The quantitative estimate of drug-likeness (QED) is 0.850. The summed E-state index contributed by atoms with van der Waals surface area (Å²) in [7, 11) is 2.95. The van der Waals surface area contributed by atoms with Crippen molar-refractivity contribution >= 4 is 5.97 Å². The summed E-state index contributed by atoms with van der Waals surface area (Å²) in [6.07, 6.45) is 3.08. The van der Waals surface area contributed by atoms with E-state index in [1.807, 2.05) is 6.92 Å². The van der Waals surface area contributed by atoms with Crippen molar-refractivity contribution in [2.45, 2.75) is 25.7 Å². The van der Waals surface area contributed by atoms with Crippen molar-refractivity contribution in [3.05, 3.63) is 63.3 Å². The number of rotatable bonds is 4. The zero-order valence-corrected chi connectivity index (χ0v) is 14.4. The van der Waals surface area contributed by atoms with Gasteiger partial charge in [-0.25, -0.2) is 4.79 Å². The van der Waals surface area contributed by atoms with Gasteiger partial charge in [0, 0.05) is 18.8 Å². The van der Waals surface area contributed by atoms with E-state index < -0.39 is 11.9 Å². The largest absolute Gasteiger partial charge is 0.468 e. The van der Waals surface area contributed by atoms with Crippen LogP contribution in [0.2, 0.25) is 0 Å². The summed E-state index contributed by atoms with van der Waals surface area (Å²) in [5.41, 5.74) is 6.94. The number of ether oxygens (including phenoxy) is 2. The zero-order valence-electron chi connectivity index (χ0n) is 14.4. The van der Waals surface area contributed by atoms with Crippen LogP contribution in [0.15, 0.2) is 45.1 Å². The van der Waals surface area contributed by atoms with Gasteiger partial charge in [-0.1, -0.05) is 13.3 Å². The van der Waals surface area contributed by atoms with E-state index >= 15 is 0 Å². The molecule has 2 aromatic rings. The monoisotopic (exact) mass is 344 g/mol. The molecule has 1 atom stereocenters. The van der Waals surface area contributed by atoms with Gasteiger partial charge in [-0.2, -0.15) is 0 Å². The molecule has 132 valence electrons. The van der Waals surface area contributed by atoms with Crippen LogP contribution >= 0.6 is 0 Å². The van der Waals surface area contributed by atoms with Crippen LogP contribution in [-0.2, 0) is 23.0 Å². The highest BCUT2D eigenvalue weighted by Crippen LogP contribution is 2.41. The molecule has 1 aliphatic rings. The summed E-state index contributed by atoms with van der Waals surface area (Å²) < 4.78 is 17.5. The van der Waals surface area contributed by atoms with Crippen molar-refractivity contribution < 1.29 is 18.7 Å². The van der Waals surface area contributed by atoms with Crippen molar-refractivity contribution in [3.8, 4) is 5.75 Å². The molecule has 2 aromatic heterocycles. The maximum atomic E-state index is 13.0. The molecule has 2 N–H and O–H groups in total. The highest BCUT2D eigenvalue weighted by Gasteiger charge is 2.39. The predicted octanol–water partition coefficient (Wildman–Crippen LogP) is 1.80. The third kappa shape index (κ3) is 2.71. The Bertz CT molecular complexity index is 893. The molecule has 1 unspecified atom stereocenters. The Hall–Kier alpha value is -2.96. The second-order valence-electron chi connectivity index (χ2n) is 5.85. The van der Waals surface area contributed by atoms with Gasteiger partial charge < -0.3 is 24.2 Å². The SMILES string of the molecule is CCCc1cc2c(c(=O)n1C)C(c1ccco1)C(C(=O)OC)=C(N)O2. The van der Waals surface area contributed by atoms with Crippen LogP contribution in [0.3, 0.4) is 0 Å². The van der Waals surface area contributed by atoms with Crippen LogP contribution in [0.25, 0.3) is 0 Å². The summed E-state index contributed by atoms with van der Waals surface area (Å²) in [4.78, 5) is 25.3. The molecule has 1 aliphatic heterocycles. The fourth-order valence-corrected chi connectivity index (χ4v) is 3.12. The molecule has 3 rings (SSSR count). The number of hydrogen-bond acceptors (Lipinski definition) is 6. The van der Waals surface area contributed by atoms with Crippen molar-refractivity contribution in [2.75, 3.05) is 7.11 Å². The maximum Gasteiger partial charge on any atom is 0.340 e. The number of pyridine rings is 1. The van der Waals surface area contributed by atoms with Crippen LogP contribution < -0.4 is 16.0 Å². The van der Waals surface area contributed by atoms with Gasteiger partial charge in [-0.15, -0.1) is 0 Å². The molecule has 25 heavy (non-hydrogen) atoms. The normalized spacial score (nSPS) is 16.4. The van der Waals surface area contributed by atoms with E-state index in [-0.39, 0.29) is 17.0 Å². The van der Waals surface area contributed by atoms with Crippen molar-refractivity contribution in [1.82, 2.24) is 4.57 Å². The first-order chi connectivity index (χ1) is 12.0.